The molecular weight excluding hydrogens is 382 g/mol. The standard InChI is InChI=1S/C18H25N5O4S/c1-13-5-6-15(11-16(13)28(25,26)21(3)4)18(24)23-9-7-22(8-10-23)12-17-20-19-14(2)27-17/h5-6,11H,7-10,12H2,1-4H3. The summed E-state index contributed by atoms with van der Waals surface area (Å²) >= 11 is 0. The van der Waals surface area contributed by atoms with E-state index in [1.165, 1.54) is 20.2 Å². The summed E-state index contributed by atoms with van der Waals surface area (Å²) in [6.45, 7) is 6.50. The van der Waals surface area contributed by atoms with Crippen molar-refractivity contribution in [1.82, 2.24) is 24.3 Å². The molecule has 0 unspecified atom stereocenters. The molecule has 0 saturated carbocycles. The number of aryl methyl sites for hydroxylation is 2. The number of carbonyl (C=O) groups excluding carboxylic acids is 1. The largest absolute Gasteiger partial charge is 0.424 e. The molecule has 152 valence electrons. The fourth-order valence-electron chi connectivity index (χ4n) is 3.09. The van der Waals surface area contributed by atoms with Crippen LogP contribution in [0.3, 0.4) is 0 Å². The number of benzene rings is 1. The van der Waals surface area contributed by atoms with Crippen LogP contribution in [-0.2, 0) is 16.6 Å². The second kappa shape index (κ2) is 7.98. The van der Waals surface area contributed by atoms with Crippen LogP contribution in [0.2, 0.25) is 0 Å². The van der Waals surface area contributed by atoms with Gasteiger partial charge in [0.1, 0.15) is 0 Å². The molecule has 3 rings (SSSR count). The number of sulfonamides is 1. The fourth-order valence-corrected chi connectivity index (χ4v) is 4.24. The van der Waals surface area contributed by atoms with Crippen molar-refractivity contribution in [3.05, 3.63) is 41.1 Å². The first kappa shape index (κ1) is 20.4. The number of aromatic nitrogens is 2. The summed E-state index contributed by atoms with van der Waals surface area (Å²) in [4.78, 5) is 16.9. The Hall–Kier alpha value is -2.30. The average Bonchev–Trinajstić information content (AvgIpc) is 3.06. The number of hydrogen-bond acceptors (Lipinski definition) is 7. The van der Waals surface area contributed by atoms with E-state index in [9.17, 15) is 13.2 Å². The van der Waals surface area contributed by atoms with E-state index < -0.39 is 10.0 Å². The minimum atomic E-state index is -3.60. The predicted molar refractivity (Wildman–Crippen MR) is 102 cm³/mol. The van der Waals surface area contributed by atoms with Crippen LogP contribution in [0.1, 0.15) is 27.7 Å². The zero-order valence-corrected chi connectivity index (χ0v) is 17.4. The Kier molecular flexibility index (Phi) is 5.82. The van der Waals surface area contributed by atoms with Gasteiger partial charge in [0, 0.05) is 52.8 Å². The van der Waals surface area contributed by atoms with Crippen molar-refractivity contribution in [1.29, 1.82) is 0 Å². The predicted octanol–water partition coefficient (Wildman–Crippen LogP) is 0.895. The van der Waals surface area contributed by atoms with E-state index in [1.807, 2.05) is 0 Å². The highest BCUT2D eigenvalue weighted by atomic mass is 32.2. The van der Waals surface area contributed by atoms with Gasteiger partial charge in [0.05, 0.1) is 11.4 Å². The second-order valence-corrected chi connectivity index (χ2v) is 9.17. The van der Waals surface area contributed by atoms with Gasteiger partial charge < -0.3 is 9.32 Å². The molecule has 10 heteroatoms. The van der Waals surface area contributed by atoms with Gasteiger partial charge in [-0.1, -0.05) is 6.07 Å². The number of piperazine rings is 1. The summed E-state index contributed by atoms with van der Waals surface area (Å²) < 4.78 is 31.5. The van der Waals surface area contributed by atoms with Crippen LogP contribution in [0.15, 0.2) is 27.5 Å². The lowest BCUT2D eigenvalue weighted by molar-refractivity contribution is 0.0617. The highest BCUT2D eigenvalue weighted by Gasteiger charge is 2.26. The summed E-state index contributed by atoms with van der Waals surface area (Å²) in [6.07, 6.45) is 0. The van der Waals surface area contributed by atoms with Crippen molar-refractivity contribution in [2.24, 2.45) is 0 Å². The molecule has 0 aliphatic carbocycles. The summed E-state index contributed by atoms with van der Waals surface area (Å²) in [5.41, 5.74) is 0.997. The molecule has 0 spiro atoms. The van der Waals surface area contributed by atoms with Crippen molar-refractivity contribution < 1.29 is 17.6 Å². The quantitative estimate of drug-likeness (QED) is 0.726. The van der Waals surface area contributed by atoms with E-state index in [2.05, 4.69) is 15.1 Å². The molecule has 1 aliphatic heterocycles. The number of nitrogens with zero attached hydrogens (tertiary/aromatic N) is 5. The summed E-state index contributed by atoms with van der Waals surface area (Å²) in [7, 11) is -0.646. The second-order valence-electron chi connectivity index (χ2n) is 7.05. The molecule has 1 aliphatic rings. The summed E-state index contributed by atoms with van der Waals surface area (Å²) in [5, 5.41) is 7.82. The Bertz CT molecular complexity index is 962. The molecule has 28 heavy (non-hydrogen) atoms. The van der Waals surface area contributed by atoms with Crippen molar-refractivity contribution >= 4 is 15.9 Å². The zero-order valence-electron chi connectivity index (χ0n) is 16.5. The molecule has 9 nitrogen and oxygen atoms in total. The lowest BCUT2D eigenvalue weighted by atomic mass is 10.1. The molecule has 1 aromatic heterocycles. The number of hydrogen-bond donors (Lipinski definition) is 0. The third-order valence-corrected chi connectivity index (χ3v) is 6.74. The maximum atomic E-state index is 12.9. The smallest absolute Gasteiger partial charge is 0.253 e. The van der Waals surface area contributed by atoms with Gasteiger partial charge in [-0.15, -0.1) is 10.2 Å². The van der Waals surface area contributed by atoms with Crippen molar-refractivity contribution in [2.75, 3.05) is 40.3 Å². The van der Waals surface area contributed by atoms with E-state index >= 15 is 0 Å². The van der Waals surface area contributed by atoms with Crippen molar-refractivity contribution in [2.45, 2.75) is 25.3 Å². The molecule has 2 heterocycles. The highest BCUT2D eigenvalue weighted by molar-refractivity contribution is 7.89. The molecule has 1 fully saturated rings. The minimum absolute atomic E-state index is 0.161. The third-order valence-electron chi connectivity index (χ3n) is 4.78. The normalized spacial score (nSPS) is 16.0. The first-order chi connectivity index (χ1) is 13.2. The first-order valence-corrected chi connectivity index (χ1v) is 10.5. The Morgan fingerprint density at radius 3 is 2.39 bits per heavy atom. The molecular formula is C18H25N5O4S. The zero-order chi connectivity index (χ0) is 20.5. The van der Waals surface area contributed by atoms with Gasteiger partial charge in [0.15, 0.2) is 0 Å². The number of rotatable bonds is 5. The highest BCUT2D eigenvalue weighted by Crippen LogP contribution is 2.21. The van der Waals surface area contributed by atoms with Gasteiger partial charge in [-0.25, -0.2) is 12.7 Å². The maximum absolute atomic E-state index is 12.9. The lowest BCUT2D eigenvalue weighted by Gasteiger charge is -2.34. The summed E-state index contributed by atoms with van der Waals surface area (Å²) in [5.74, 6) is 0.935. The van der Waals surface area contributed by atoms with Crippen LogP contribution < -0.4 is 0 Å². The number of carbonyl (C=O) groups is 1. The van der Waals surface area contributed by atoms with Crippen molar-refractivity contribution in [3.8, 4) is 0 Å². The van der Waals surface area contributed by atoms with Crippen LogP contribution in [0, 0.1) is 13.8 Å². The third kappa shape index (κ3) is 4.23. The van der Waals surface area contributed by atoms with Gasteiger partial charge in [0.25, 0.3) is 5.91 Å². The van der Waals surface area contributed by atoms with Gasteiger partial charge in [-0.3, -0.25) is 9.69 Å². The maximum Gasteiger partial charge on any atom is 0.253 e. The van der Waals surface area contributed by atoms with Crippen LogP contribution in [0.25, 0.3) is 0 Å². The van der Waals surface area contributed by atoms with Crippen LogP contribution in [-0.4, -0.2) is 78.9 Å². The van der Waals surface area contributed by atoms with E-state index in [0.717, 1.165) is 4.31 Å². The topological polar surface area (TPSA) is 99.8 Å². The SMILES string of the molecule is Cc1nnc(CN2CCN(C(=O)c3ccc(C)c(S(=O)(=O)N(C)C)c3)CC2)o1. The summed E-state index contributed by atoms with van der Waals surface area (Å²) in [6, 6.07) is 4.83. The molecule has 2 aromatic rings. The van der Waals surface area contributed by atoms with Gasteiger partial charge in [0.2, 0.25) is 21.8 Å². The molecule has 1 aromatic carbocycles. The van der Waals surface area contributed by atoms with Crippen molar-refractivity contribution in [3.63, 3.8) is 0 Å². The molecule has 0 radical (unpaired) electrons. The lowest BCUT2D eigenvalue weighted by Crippen LogP contribution is -2.48. The van der Waals surface area contributed by atoms with Gasteiger partial charge >= 0.3 is 0 Å². The minimum Gasteiger partial charge on any atom is -0.424 e. The monoisotopic (exact) mass is 407 g/mol. The van der Waals surface area contributed by atoms with Gasteiger partial charge in [-0.05, 0) is 24.6 Å². The van der Waals surface area contributed by atoms with E-state index in [1.54, 1.807) is 30.9 Å². The Morgan fingerprint density at radius 1 is 1.14 bits per heavy atom. The van der Waals surface area contributed by atoms with E-state index in [4.69, 9.17) is 4.42 Å². The Balaban J connectivity index is 1.68. The van der Waals surface area contributed by atoms with Crippen LogP contribution in [0.5, 0.6) is 0 Å². The van der Waals surface area contributed by atoms with Crippen LogP contribution in [0.4, 0.5) is 0 Å². The molecule has 1 saturated heterocycles. The Morgan fingerprint density at radius 2 is 1.82 bits per heavy atom. The van der Waals surface area contributed by atoms with E-state index in [0.29, 0.717) is 55.6 Å². The molecule has 0 atom stereocenters. The average molecular weight is 407 g/mol. The van der Waals surface area contributed by atoms with E-state index in [-0.39, 0.29) is 10.8 Å². The molecule has 1 amide bonds. The van der Waals surface area contributed by atoms with Gasteiger partial charge in [-0.2, -0.15) is 0 Å². The first-order valence-electron chi connectivity index (χ1n) is 9.02. The molecule has 0 N–H and O–H groups in total. The molecule has 0 bridgehead atoms. The fraction of sp³-hybridized carbons (Fsp3) is 0.500. The van der Waals surface area contributed by atoms with Crippen LogP contribution >= 0.6 is 0 Å². The Labute approximate surface area is 165 Å². The number of amides is 1.